The number of hydrogen-bond donors (Lipinski definition) is 1. The number of ether oxygens (including phenoxy) is 1. The van der Waals surface area contributed by atoms with Crippen molar-refractivity contribution in [3.05, 3.63) is 28.7 Å². The number of carbonyl (C=O) groups is 1. The second kappa shape index (κ2) is 10.9. The monoisotopic (exact) mass is 465 g/mol. The van der Waals surface area contributed by atoms with E-state index in [0.717, 1.165) is 62.3 Å². The first-order valence-corrected chi connectivity index (χ1v) is 12.2. The molecular weight excluding hydrogens is 433 g/mol. The number of nitrogens with zero attached hydrogens (tertiary/aromatic N) is 2. The van der Waals surface area contributed by atoms with E-state index in [4.69, 9.17) is 20.9 Å². The van der Waals surface area contributed by atoms with Gasteiger partial charge in [-0.05, 0) is 76.6 Å². The Morgan fingerprint density at radius 2 is 2.00 bits per heavy atom. The summed E-state index contributed by atoms with van der Waals surface area (Å²) in [5.74, 6) is 0.714. The van der Waals surface area contributed by atoms with Gasteiger partial charge in [0.1, 0.15) is 5.82 Å². The highest BCUT2D eigenvalue weighted by Gasteiger charge is 2.27. The smallest absolute Gasteiger partial charge is 0.222 e. The molecule has 32 heavy (non-hydrogen) atoms. The van der Waals surface area contributed by atoms with Gasteiger partial charge in [-0.3, -0.25) is 4.79 Å². The molecular formula is C24H33ClFN3O3. The SMILES string of the molecule is COCCC(=O)NC1CCC(CCN2CCC(c3noc4cc(Cl)c(F)cc34)CC2)CC1. The Balaban J connectivity index is 1.18. The summed E-state index contributed by atoms with van der Waals surface area (Å²) in [6.07, 6.45) is 8.19. The number of piperidine rings is 1. The topological polar surface area (TPSA) is 67.6 Å². The minimum Gasteiger partial charge on any atom is -0.384 e. The van der Waals surface area contributed by atoms with Crippen molar-refractivity contribution in [2.24, 2.45) is 5.92 Å². The van der Waals surface area contributed by atoms with E-state index in [1.165, 1.54) is 31.4 Å². The lowest BCUT2D eigenvalue weighted by Gasteiger charge is -2.34. The fourth-order valence-corrected chi connectivity index (χ4v) is 5.29. The Bertz CT molecular complexity index is 905. The average molecular weight is 466 g/mol. The van der Waals surface area contributed by atoms with Crippen LogP contribution >= 0.6 is 11.6 Å². The molecule has 0 atom stereocenters. The van der Waals surface area contributed by atoms with Crippen molar-refractivity contribution < 1.29 is 18.4 Å². The Morgan fingerprint density at radius 1 is 1.25 bits per heavy atom. The van der Waals surface area contributed by atoms with Gasteiger partial charge in [0, 0.05) is 36.9 Å². The molecule has 1 saturated carbocycles. The van der Waals surface area contributed by atoms with Crippen LogP contribution in [0.1, 0.15) is 63.0 Å². The van der Waals surface area contributed by atoms with Crippen molar-refractivity contribution in [2.75, 3.05) is 33.4 Å². The first kappa shape index (κ1) is 23.5. The van der Waals surface area contributed by atoms with E-state index in [0.29, 0.717) is 30.6 Å². The molecule has 6 nitrogen and oxygen atoms in total. The fraction of sp³-hybridized carbons (Fsp3) is 0.667. The second-order valence-corrected chi connectivity index (χ2v) is 9.67. The maximum absolute atomic E-state index is 13.9. The summed E-state index contributed by atoms with van der Waals surface area (Å²) in [5, 5.41) is 8.19. The number of fused-ring (bicyclic) bond motifs is 1. The Morgan fingerprint density at radius 3 is 2.72 bits per heavy atom. The molecule has 1 aliphatic heterocycles. The number of carbonyl (C=O) groups excluding carboxylic acids is 1. The predicted octanol–water partition coefficient (Wildman–Crippen LogP) is 4.90. The van der Waals surface area contributed by atoms with E-state index in [-0.39, 0.29) is 10.9 Å². The summed E-state index contributed by atoms with van der Waals surface area (Å²) in [4.78, 5) is 14.4. The van der Waals surface area contributed by atoms with E-state index < -0.39 is 5.82 Å². The van der Waals surface area contributed by atoms with Gasteiger partial charge in [0.15, 0.2) is 5.58 Å². The number of rotatable bonds is 8. The molecule has 2 aliphatic rings. The van der Waals surface area contributed by atoms with Crippen molar-refractivity contribution in [1.29, 1.82) is 0 Å². The molecule has 1 aromatic heterocycles. The molecule has 0 bridgehead atoms. The van der Waals surface area contributed by atoms with Gasteiger partial charge in [-0.2, -0.15) is 0 Å². The molecule has 2 fully saturated rings. The van der Waals surface area contributed by atoms with Crippen LogP contribution in [-0.4, -0.2) is 55.4 Å². The third-order valence-electron chi connectivity index (χ3n) is 7.11. The maximum atomic E-state index is 13.9. The summed E-state index contributed by atoms with van der Waals surface area (Å²) >= 11 is 5.86. The number of nitrogens with one attached hydrogen (secondary N) is 1. The van der Waals surface area contributed by atoms with Crippen LogP contribution in [0.2, 0.25) is 5.02 Å². The molecule has 8 heteroatoms. The molecule has 2 heterocycles. The van der Waals surface area contributed by atoms with Gasteiger partial charge in [-0.15, -0.1) is 0 Å². The van der Waals surface area contributed by atoms with Crippen LogP contribution in [0.5, 0.6) is 0 Å². The standard InChI is InChI=1S/C24H33ClFN3O3/c1-31-13-9-23(30)27-18-4-2-16(3-5-18)6-10-29-11-7-17(8-12-29)24-19-14-21(26)20(25)15-22(19)32-28-24/h14-18H,2-13H2,1H3,(H,27,30). The van der Waals surface area contributed by atoms with Crippen molar-refractivity contribution in [1.82, 2.24) is 15.4 Å². The average Bonchev–Trinajstić information content (AvgIpc) is 3.20. The molecule has 1 aromatic carbocycles. The molecule has 0 unspecified atom stereocenters. The van der Waals surface area contributed by atoms with Gasteiger partial charge in [0.2, 0.25) is 5.91 Å². The van der Waals surface area contributed by atoms with Crippen LogP contribution in [0.15, 0.2) is 16.7 Å². The first-order chi connectivity index (χ1) is 15.5. The maximum Gasteiger partial charge on any atom is 0.222 e. The highest BCUT2D eigenvalue weighted by Crippen LogP contribution is 2.35. The minimum atomic E-state index is -0.426. The summed E-state index contributed by atoms with van der Waals surface area (Å²) in [5.41, 5.74) is 1.42. The minimum absolute atomic E-state index is 0.0672. The summed E-state index contributed by atoms with van der Waals surface area (Å²) in [6.45, 7) is 3.65. The Hall–Kier alpha value is -1.70. The van der Waals surface area contributed by atoms with Gasteiger partial charge in [0.05, 0.1) is 17.3 Å². The van der Waals surface area contributed by atoms with E-state index in [1.54, 1.807) is 7.11 Å². The number of benzene rings is 1. The molecule has 1 amide bonds. The van der Waals surface area contributed by atoms with E-state index in [1.807, 2.05) is 0 Å². The highest BCUT2D eigenvalue weighted by molar-refractivity contribution is 6.31. The first-order valence-electron chi connectivity index (χ1n) is 11.8. The van der Waals surface area contributed by atoms with Crippen LogP contribution in [0.3, 0.4) is 0 Å². The van der Waals surface area contributed by atoms with Crippen LogP contribution in [-0.2, 0) is 9.53 Å². The van der Waals surface area contributed by atoms with Crippen LogP contribution in [0.4, 0.5) is 4.39 Å². The van der Waals surface area contributed by atoms with Crippen molar-refractivity contribution in [2.45, 2.75) is 63.3 Å². The van der Waals surface area contributed by atoms with Gasteiger partial charge in [-0.25, -0.2) is 4.39 Å². The zero-order valence-electron chi connectivity index (χ0n) is 18.7. The predicted molar refractivity (Wildman–Crippen MR) is 122 cm³/mol. The normalized spacial score (nSPS) is 23.0. The van der Waals surface area contributed by atoms with Gasteiger partial charge in [0.25, 0.3) is 0 Å². The number of likely N-dealkylation sites (tertiary alicyclic amines) is 1. The van der Waals surface area contributed by atoms with E-state index >= 15 is 0 Å². The van der Waals surface area contributed by atoms with Crippen molar-refractivity contribution in [3.8, 4) is 0 Å². The molecule has 1 aliphatic carbocycles. The van der Waals surface area contributed by atoms with Crippen molar-refractivity contribution >= 4 is 28.5 Å². The molecule has 1 saturated heterocycles. The van der Waals surface area contributed by atoms with Crippen molar-refractivity contribution in [3.63, 3.8) is 0 Å². The summed E-state index contributed by atoms with van der Waals surface area (Å²) in [7, 11) is 1.62. The molecule has 0 spiro atoms. The fourth-order valence-electron chi connectivity index (χ4n) is 5.13. The van der Waals surface area contributed by atoms with E-state index in [2.05, 4.69) is 15.4 Å². The molecule has 176 valence electrons. The number of halogens is 2. The second-order valence-electron chi connectivity index (χ2n) is 9.26. The van der Waals surface area contributed by atoms with Crippen LogP contribution < -0.4 is 5.32 Å². The lowest BCUT2D eigenvalue weighted by molar-refractivity contribution is -0.122. The van der Waals surface area contributed by atoms with Gasteiger partial charge >= 0.3 is 0 Å². The van der Waals surface area contributed by atoms with Gasteiger partial charge in [-0.1, -0.05) is 16.8 Å². The Labute approximate surface area is 193 Å². The van der Waals surface area contributed by atoms with Crippen LogP contribution in [0.25, 0.3) is 11.0 Å². The number of methoxy groups -OCH3 is 1. The summed E-state index contributed by atoms with van der Waals surface area (Å²) < 4.78 is 24.3. The zero-order valence-corrected chi connectivity index (χ0v) is 19.5. The molecule has 0 radical (unpaired) electrons. The zero-order chi connectivity index (χ0) is 22.5. The Kier molecular flexibility index (Phi) is 8.02. The molecule has 4 rings (SSSR count). The number of amides is 1. The highest BCUT2D eigenvalue weighted by atomic mass is 35.5. The third-order valence-corrected chi connectivity index (χ3v) is 7.40. The van der Waals surface area contributed by atoms with Gasteiger partial charge < -0.3 is 19.5 Å². The summed E-state index contributed by atoms with van der Waals surface area (Å²) in [6, 6.07) is 3.28. The van der Waals surface area contributed by atoms with E-state index in [9.17, 15) is 9.18 Å². The van der Waals surface area contributed by atoms with Crippen LogP contribution in [0, 0.1) is 11.7 Å². The third kappa shape index (κ3) is 5.80. The largest absolute Gasteiger partial charge is 0.384 e. The molecule has 1 N–H and O–H groups in total. The lowest BCUT2D eigenvalue weighted by Crippen LogP contribution is -2.39. The molecule has 2 aromatic rings. The quantitative estimate of drug-likeness (QED) is 0.600. The lowest BCUT2D eigenvalue weighted by atomic mass is 9.83. The number of hydrogen-bond acceptors (Lipinski definition) is 5. The number of aromatic nitrogens is 1.